The van der Waals surface area contributed by atoms with Crippen molar-refractivity contribution < 1.29 is 14.6 Å². The van der Waals surface area contributed by atoms with Crippen molar-refractivity contribution in [1.29, 1.82) is 5.26 Å². The maximum atomic E-state index is 9.35. The summed E-state index contributed by atoms with van der Waals surface area (Å²) in [4.78, 5) is 0. The molecule has 0 saturated carbocycles. The van der Waals surface area contributed by atoms with Gasteiger partial charge in [-0.3, -0.25) is 0 Å². The van der Waals surface area contributed by atoms with Gasteiger partial charge in [-0.2, -0.15) is 5.26 Å². The van der Waals surface area contributed by atoms with Gasteiger partial charge in [-0.15, -0.1) is 0 Å². The zero-order chi connectivity index (χ0) is 12.0. The number of ether oxygens (including phenoxy) is 2. The molecule has 0 radical (unpaired) electrons. The molecule has 4 nitrogen and oxygen atoms in total. The molecule has 0 spiro atoms. The van der Waals surface area contributed by atoms with Crippen LogP contribution in [0.4, 0.5) is 0 Å². The normalized spacial score (nSPS) is 11.6. The number of benzene rings is 1. The fraction of sp³-hybridized carbons (Fsp3) is 0.417. The molecule has 0 saturated heterocycles. The van der Waals surface area contributed by atoms with Gasteiger partial charge in [-0.25, -0.2) is 0 Å². The van der Waals surface area contributed by atoms with E-state index >= 15 is 0 Å². The van der Waals surface area contributed by atoms with Gasteiger partial charge in [0.05, 0.1) is 24.8 Å². The molecule has 0 aromatic heterocycles. The van der Waals surface area contributed by atoms with Gasteiger partial charge in [0.25, 0.3) is 0 Å². The van der Waals surface area contributed by atoms with Crippen molar-refractivity contribution in [3.8, 4) is 17.6 Å². The third kappa shape index (κ3) is 3.44. The molecule has 0 heterocycles. The summed E-state index contributed by atoms with van der Waals surface area (Å²) in [6, 6.07) is 6.95. The zero-order valence-corrected chi connectivity index (χ0v) is 9.43. The van der Waals surface area contributed by atoms with Gasteiger partial charge in [0, 0.05) is 6.07 Å². The highest BCUT2D eigenvalue weighted by Crippen LogP contribution is 2.22. The highest BCUT2D eigenvalue weighted by atomic mass is 16.5. The molecular weight excluding hydrogens is 206 g/mol. The van der Waals surface area contributed by atoms with Crippen LogP contribution in [0.25, 0.3) is 0 Å². The van der Waals surface area contributed by atoms with Gasteiger partial charge in [0.1, 0.15) is 18.1 Å². The molecule has 4 heteroatoms. The molecule has 16 heavy (non-hydrogen) atoms. The topological polar surface area (TPSA) is 62.5 Å². The SMILES string of the molecule is CCC(O)COc1cc(C#N)cc(OC)c1. The van der Waals surface area contributed by atoms with Crippen molar-refractivity contribution in [3.63, 3.8) is 0 Å². The molecular formula is C12H15NO3. The Kier molecular flexibility index (Phi) is 4.62. The van der Waals surface area contributed by atoms with Gasteiger partial charge >= 0.3 is 0 Å². The molecule has 1 aromatic rings. The van der Waals surface area contributed by atoms with E-state index < -0.39 is 6.10 Å². The number of nitriles is 1. The van der Waals surface area contributed by atoms with Gasteiger partial charge in [-0.1, -0.05) is 6.92 Å². The predicted molar refractivity (Wildman–Crippen MR) is 59.5 cm³/mol. The smallest absolute Gasteiger partial charge is 0.124 e. The van der Waals surface area contributed by atoms with E-state index in [0.717, 1.165) is 0 Å². The van der Waals surface area contributed by atoms with Gasteiger partial charge in [-0.05, 0) is 18.6 Å². The van der Waals surface area contributed by atoms with Gasteiger partial charge in [0.2, 0.25) is 0 Å². The number of hydrogen-bond donors (Lipinski definition) is 1. The summed E-state index contributed by atoms with van der Waals surface area (Å²) in [6.07, 6.45) is 0.145. The van der Waals surface area contributed by atoms with Gasteiger partial charge in [0.15, 0.2) is 0 Å². The van der Waals surface area contributed by atoms with E-state index in [0.29, 0.717) is 23.5 Å². The van der Waals surface area contributed by atoms with E-state index in [1.807, 2.05) is 13.0 Å². The molecule has 0 amide bonds. The van der Waals surface area contributed by atoms with Crippen molar-refractivity contribution in [3.05, 3.63) is 23.8 Å². The van der Waals surface area contributed by atoms with Crippen molar-refractivity contribution in [1.82, 2.24) is 0 Å². The second-order valence-electron chi connectivity index (χ2n) is 3.38. The summed E-state index contributed by atoms with van der Waals surface area (Å²) in [7, 11) is 1.53. The van der Waals surface area contributed by atoms with Crippen LogP contribution in [0.1, 0.15) is 18.9 Å². The van der Waals surface area contributed by atoms with Crippen molar-refractivity contribution in [2.24, 2.45) is 0 Å². The molecule has 86 valence electrons. The second kappa shape index (κ2) is 5.99. The van der Waals surface area contributed by atoms with Crippen LogP contribution in [-0.4, -0.2) is 24.9 Å². The number of nitrogens with zero attached hydrogens (tertiary/aromatic N) is 1. The number of rotatable bonds is 5. The monoisotopic (exact) mass is 221 g/mol. The Labute approximate surface area is 95.0 Å². The second-order valence-corrected chi connectivity index (χ2v) is 3.38. The van der Waals surface area contributed by atoms with E-state index in [4.69, 9.17) is 14.7 Å². The lowest BCUT2D eigenvalue weighted by Crippen LogP contribution is -2.16. The van der Waals surface area contributed by atoms with E-state index in [-0.39, 0.29) is 6.61 Å². The fourth-order valence-corrected chi connectivity index (χ4v) is 1.15. The van der Waals surface area contributed by atoms with Crippen LogP contribution in [-0.2, 0) is 0 Å². The third-order valence-electron chi connectivity index (χ3n) is 2.16. The summed E-state index contributed by atoms with van der Waals surface area (Å²) >= 11 is 0. The first-order valence-electron chi connectivity index (χ1n) is 5.09. The zero-order valence-electron chi connectivity index (χ0n) is 9.43. The molecule has 0 aliphatic rings. The third-order valence-corrected chi connectivity index (χ3v) is 2.16. The molecule has 0 aliphatic heterocycles. The number of methoxy groups -OCH3 is 1. The highest BCUT2D eigenvalue weighted by Gasteiger charge is 2.05. The molecule has 1 aromatic carbocycles. The summed E-state index contributed by atoms with van der Waals surface area (Å²) in [5, 5.41) is 18.1. The van der Waals surface area contributed by atoms with Crippen LogP contribution in [0.2, 0.25) is 0 Å². The largest absolute Gasteiger partial charge is 0.497 e. The average Bonchev–Trinajstić information content (AvgIpc) is 2.35. The summed E-state index contributed by atoms with van der Waals surface area (Å²) in [6.45, 7) is 2.09. The van der Waals surface area contributed by atoms with Gasteiger partial charge < -0.3 is 14.6 Å². The minimum Gasteiger partial charge on any atom is -0.497 e. The van der Waals surface area contributed by atoms with Crippen LogP contribution in [0.3, 0.4) is 0 Å². The highest BCUT2D eigenvalue weighted by molar-refractivity contribution is 5.43. The number of aliphatic hydroxyl groups is 1. The lowest BCUT2D eigenvalue weighted by atomic mass is 10.2. The average molecular weight is 221 g/mol. The fourth-order valence-electron chi connectivity index (χ4n) is 1.15. The first-order chi connectivity index (χ1) is 7.69. The molecule has 1 N–H and O–H groups in total. The number of hydrogen-bond acceptors (Lipinski definition) is 4. The molecule has 1 atom stereocenters. The molecule has 0 fully saturated rings. The van der Waals surface area contributed by atoms with Crippen LogP contribution in [0.15, 0.2) is 18.2 Å². The summed E-state index contributed by atoms with van der Waals surface area (Å²) < 4.78 is 10.4. The summed E-state index contributed by atoms with van der Waals surface area (Å²) in [5.41, 5.74) is 0.473. The Bertz CT molecular complexity index is 384. The van der Waals surface area contributed by atoms with E-state index in [1.165, 1.54) is 7.11 Å². The van der Waals surface area contributed by atoms with Crippen molar-refractivity contribution in [2.75, 3.05) is 13.7 Å². The Morgan fingerprint density at radius 1 is 1.38 bits per heavy atom. The van der Waals surface area contributed by atoms with E-state index in [9.17, 15) is 5.11 Å². The van der Waals surface area contributed by atoms with E-state index in [1.54, 1.807) is 18.2 Å². The van der Waals surface area contributed by atoms with E-state index in [2.05, 4.69) is 0 Å². The van der Waals surface area contributed by atoms with Crippen LogP contribution in [0, 0.1) is 11.3 Å². The Hall–Kier alpha value is -1.73. The molecule has 1 unspecified atom stereocenters. The maximum absolute atomic E-state index is 9.35. The van der Waals surface area contributed by atoms with Crippen molar-refractivity contribution >= 4 is 0 Å². The predicted octanol–water partition coefficient (Wildman–Crippen LogP) is 1.72. The maximum Gasteiger partial charge on any atom is 0.124 e. The quantitative estimate of drug-likeness (QED) is 0.822. The Morgan fingerprint density at radius 3 is 2.62 bits per heavy atom. The van der Waals surface area contributed by atoms with Crippen LogP contribution >= 0.6 is 0 Å². The Balaban J connectivity index is 2.76. The lowest BCUT2D eigenvalue weighted by Gasteiger charge is -2.11. The molecule has 1 rings (SSSR count). The van der Waals surface area contributed by atoms with Crippen molar-refractivity contribution in [2.45, 2.75) is 19.4 Å². The molecule has 0 aliphatic carbocycles. The first kappa shape index (κ1) is 12.3. The van der Waals surface area contributed by atoms with Crippen LogP contribution < -0.4 is 9.47 Å². The standard InChI is InChI=1S/C12H15NO3/c1-3-10(14)8-16-12-5-9(7-13)4-11(6-12)15-2/h4-6,10,14H,3,8H2,1-2H3. The first-order valence-corrected chi connectivity index (χ1v) is 5.09. The lowest BCUT2D eigenvalue weighted by molar-refractivity contribution is 0.104. The Morgan fingerprint density at radius 2 is 2.06 bits per heavy atom. The minimum absolute atomic E-state index is 0.217. The van der Waals surface area contributed by atoms with Crippen LogP contribution in [0.5, 0.6) is 11.5 Å². The summed E-state index contributed by atoms with van der Waals surface area (Å²) in [5.74, 6) is 1.10. The number of aliphatic hydroxyl groups excluding tert-OH is 1. The molecule has 0 bridgehead atoms. The minimum atomic E-state index is -0.489.